The number of aryl methyl sites for hydroxylation is 1. The summed E-state index contributed by atoms with van der Waals surface area (Å²) >= 11 is 1.63. The number of phenolic OH excluding ortho intramolecular Hbond substituents is 1. The van der Waals surface area contributed by atoms with Crippen LogP contribution in [0.3, 0.4) is 0 Å². The zero-order valence-electron chi connectivity index (χ0n) is 15.5. The number of fused-ring (bicyclic) bond motifs is 2. The van der Waals surface area contributed by atoms with Gasteiger partial charge in [-0.2, -0.15) is 0 Å². The quantitative estimate of drug-likeness (QED) is 0.705. The van der Waals surface area contributed by atoms with Crippen LogP contribution in [-0.4, -0.2) is 45.4 Å². The van der Waals surface area contributed by atoms with Gasteiger partial charge in [-0.1, -0.05) is 0 Å². The lowest BCUT2D eigenvalue weighted by molar-refractivity contribution is 0.186. The standard InChI is InChI=1S/C21H24N4OS/c1-13-11-19(22-14-4-5-15-3-2-9-25(15)12-14)23-24-20(13)17-6-7-18-16(21(17)26)8-10-27-18/h6-8,10-11,14-15,26H,2-5,9,12H2,1H3,(H,22,23). The molecule has 6 heteroatoms. The first-order valence-corrected chi connectivity index (χ1v) is 10.6. The highest BCUT2D eigenvalue weighted by Crippen LogP contribution is 2.38. The average molecular weight is 381 g/mol. The molecule has 2 aromatic heterocycles. The maximum atomic E-state index is 10.7. The third kappa shape index (κ3) is 3.07. The van der Waals surface area contributed by atoms with Crippen LogP contribution in [0.4, 0.5) is 5.82 Å². The SMILES string of the molecule is Cc1cc(NC2CCC3CCCN3C2)nnc1-c1ccc2sccc2c1O. The highest BCUT2D eigenvalue weighted by molar-refractivity contribution is 7.17. The molecular formula is C21H24N4OS. The predicted molar refractivity (Wildman–Crippen MR) is 110 cm³/mol. The van der Waals surface area contributed by atoms with Crippen molar-refractivity contribution in [2.24, 2.45) is 0 Å². The van der Waals surface area contributed by atoms with Gasteiger partial charge in [0.05, 0.1) is 5.69 Å². The molecule has 3 aromatic rings. The Morgan fingerprint density at radius 1 is 1.19 bits per heavy atom. The average Bonchev–Trinajstić information content (AvgIpc) is 3.32. The number of rotatable bonds is 3. The van der Waals surface area contributed by atoms with Crippen LogP contribution < -0.4 is 5.32 Å². The summed E-state index contributed by atoms with van der Waals surface area (Å²) in [5.74, 6) is 1.12. The fraction of sp³-hybridized carbons (Fsp3) is 0.429. The number of anilines is 1. The van der Waals surface area contributed by atoms with E-state index in [1.165, 1.54) is 32.2 Å². The van der Waals surface area contributed by atoms with Gasteiger partial charge in [-0.15, -0.1) is 21.5 Å². The normalized spacial score (nSPS) is 22.9. The van der Waals surface area contributed by atoms with Crippen LogP contribution in [-0.2, 0) is 0 Å². The van der Waals surface area contributed by atoms with Crippen LogP contribution in [0.5, 0.6) is 5.75 Å². The molecule has 0 spiro atoms. The molecule has 2 atom stereocenters. The zero-order chi connectivity index (χ0) is 18.4. The molecule has 2 aliphatic heterocycles. The molecule has 0 amide bonds. The summed E-state index contributed by atoms with van der Waals surface area (Å²) in [5, 5.41) is 26.0. The van der Waals surface area contributed by atoms with E-state index in [2.05, 4.69) is 26.5 Å². The highest BCUT2D eigenvalue weighted by atomic mass is 32.1. The fourth-order valence-electron chi connectivity index (χ4n) is 4.60. The molecule has 140 valence electrons. The Balaban J connectivity index is 1.38. The van der Waals surface area contributed by atoms with Crippen molar-refractivity contribution in [2.75, 3.05) is 18.4 Å². The second-order valence-electron chi connectivity index (χ2n) is 7.76. The molecule has 0 radical (unpaired) electrons. The minimum absolute atomic E-state index is 0.291. The second kappa shape index (κ2) is 6.77. The predicted octanol–water partition coefficient (Wildman–Crippen LogP) is 4.41. The van der Waals surface area contributed by atoms with Crippen molar-refractivity contribution in [1.29, 1.82) is 0 Å². The summed E-state index contributed by atoms with van der Waals surface area (Å²) in [6.07, 6.45) is 5.16. The maximum Gasteiger partial charge on any atom is 0.149 e. The molecule has 1 aromatic carbocycles. The molecule has 5 nitrogen and oxygen atoms in total. The molecule has 0 bridgehead atoms. The van der Waals surface area contributed by atoms with Crippen molar-refractivity contribution in [3.63, 3.8) is 0 Å². The Labute approximate surface area is 163 Å². The third-order valence-corrected chi connectivity index (χ3v) is 6.88. The molecule has 2 unspecified atom stereocenters. The lowest BCUT2D eigenvalue weighted by atomic mass is 9.99. The number of thiophene rings is 1. The molecule has 4 heterocycles. The van der Waals surface area contributed by atoms with Crippen molar-refractivity contribution in [3.05, 3.63) is 35.2 Å². The summed E-state index contributed by atoms with van der Waals surface area (Å²) < 4.78 is 1.08. The Hall–Kier alpha value is -2.18. The van der Waals surface area contributed by atoms with Gasteiger partial charge >= 0.3 is 0 Å². The minimum Gasteiger partial charge on any atom is -0.507 e. The fourth-order valence-corrected chi connectivity index (χ4v) is 5.39. The topological polar surface area (TPSA) is 61.3 Å². The molecule has 2 aliphatic rings. The van der Waals surface area contributed by atoms with E-state index >= 15 is 0 Å². The van der Waals surface area contributed by atoms with E-state index in [1.807, 2.05) is 30.5 Å². The van der Waals surface area contributed by atoms with E-state index in [1.54, 1.807) is 11.3 Å². The Morgan fingerprint density at radius 2 is 2.11 bits per heavy atom. The summed E-state index contributed by atoms with van der Waals surface area (Å²) in [6.45, 7) is 4.36. The number of aromatic hydroxyl groups is 1. The number of hydrogen-bond acceptors (Lipinski definition) is 6. The van der Waals surface area contributed by atoms with Gasteiger partial charge < -0.3 is 10.4 Å². The monoisotopic (exact) mass is 380 g/mol. The van der Waals surface area contributed by atoms with E-state index in [-0.39, 0.29) is 0 Å². The second-order valence-corrected chi connectivity index (χ2v) is 8.71. The number of aromatic nitrogens is 2. The van der Waals surface area contributed by atoms with Gasteiger partial charge in [0, 0.05) is 34.3 Å². The lowest BCUT2D eigenvalue weighted by Gasteiger charge is -2.35. The van der Waals surface area contributed by atoms with Crippen LogP contribution in [0, 0.1) is 6.92 Å². The van der Waals surface area contributed by atoms with Crippen molar-refractivity contribution in [2.45, 2.75) is 44.7 Å². The van der Waals surface area contributed by atoms with Gasteiger partial charge in [-0.3, -0.25) is 4.90 Å². The first-order valence-electron chi connectivity index (χ1n) is 9.73. The van der Waals surface area contributed by atoms with Crippen LogP contribution in [0.2, 0.25) is 0 Å². The van der Waals surface area contributed by atoms with E-state index in [0.717, 1.165) is 45.3 Å². The maximum absolute atomic E-state index is 10.7. The smallest absolute Gasteiger partial charge is 0.149 e. The Bertz CT molecular complexity index is 985. The van der Waals surface area contributed by atoms with Gasteiger partial charge in [0.1, 0.15) is 11.6 Å². The lowest BCUT2D eigenvalue weighted by Crippen LogP contribution is -2.44. The van der Waals surface area contributed by atoms with Gasteiger partial charge in [0.2, 0.25) is 0 Å². The summed E-state index contributed by atoms with van der Waals surface area (Å²) in [4.78, 5) is 2.62. The zero-order valence-corrected chi connectivity index (χ0v) is 16.3. The van der Waals surface area contributed by atoms with E-state index in [0.29, 0.717) is 11.8 Å². The number of nitrogens with one attached hydrogen (secondary N) is 1. The number of benzene rings is 1. The molecule has 0 aliphatic carbocycles. The molecule has 2 N–H and O–H groups in total. The number of piperidine rings is 1. The van der Waals surface area contributed by atoms with Crippen LogP contribution in [0.1, 0.15) is 31.2 Å². The first-order chi connectivity index (χ1) is 13.2. The highest BCUT2D eigenvalue weighted by Gasteiger charge is 2.31. The van der Waals surface area contributed by atoms with Crippen molar-refractivity contribution >= 4 is 27.2 Å². The Morgan fingerprint density at radius 3 is 3.00 bits per heavy atom. The van der Waals surface area contributed by atoms with Gasteiger partial charge in [-0.05, 0) is 74.4 Å². The van der Waals surface area contributed by atoms with Crippen LogP contribution in [0.15, 0.2) is 29.6 Å². The number of nitrogens with zero attached hydrogens (tertiary/aromatic N) is 3. The van der Waals surface area contributed by atoms with Crippen LogP contribution in [0.25, 0.3) is 21.3 Å². The Kier molecular flexibility index (Phi) is 4.25. The molecular weight excluding hydrogens is 356 g/mol. The number of phenols is 1. The van der Waals surface area contributed by atoms with E-state index in [9.17, 15) is 5.11 Å². The molecule has 27 heavy (non-hydrogen) atoms. The molecule has 0 saturated carbocycles. The van der Waals surface area contributed by atoms with Crippen molar-refractivity contribution < 1.29 is 5.11 Å². The molecule has 5 rings (SSSR count). The van der Waals surface area contributed by atoms with Crippen molar-refractivity contribution in [1.82, 2.24) is 15.1 Å². The van der Waals surface area contributed by atoms with E-state index in [4.69, 9.17) is 0 Å². The van der Waals surface area contributed by atoms with Crippen LogP contribution >= 0.6 is 11.3 Å². The minimum atomic E-state index is 0.291. The number of hydrogen-bond donors (Lipinski definition) is 2. The van der Waals surface area contributed by atoms with Gasteiger partial charge in [-0.25, -0.2) is 0 Å². The largest absolute Gasteiger partial charge is 0.507 e. The van der Waals surface area contributed by atoms with Crippen molar-refractivity contribution in [3.8, 4) is 17.0 Å². The summed E-state index contributed by atoms with van der Waals surface area (Å²) in [7, 11) is 0. The van der Waals surface area contributed by atoms with Gasteiger partial charge in [0.25, 0.3) is 0 Å². The molecule has 2 fully saturated rings. The summed E-state index contributed by atoms with van der Waals surface area (Å²) in [5.41, 5.74) is 2.51. The van der Waals surface area contributed by atoms with Gasteiger partial charge in [0.15, 0.2) is 0 Å². The third-order valence-electron chi connectivity index (χ3n) is 6.00. The summed E-state index contributed by atoms with van der Waals surface area (Å²) in [6, 6.07) is 9.22. The molecule has 2 saturated heterocycles. The first kappa shape index (κ1) is 17.0. The van der Waals surface area contributed by atoms with E-state index < -0.39 is 0 Å².